The maximum Gasteiger partial charge on any atom is 0.805 e. The molecule has 1 atom stereocenters. The van der Waals surface area contributed by atoms with Crippen LogP contribution in [0.15, 0.2) is 121 Å². The number of para-hydroxylation sites is 1. The smallest absolute Gasteiger partial charge is 0.386 e. The van der Waals surface area contributed by atoms with Crippen molar-refractivity contribution in [2.45, 2.75) is 40.0 Å². The Morgan fingerprint density at radius 1 is 0.556 bits per heavy atom. The molecule has 0 amide bonds. The van der Waals surface area contributed by atoms with Crippen molar-refractivity contribution in [2.75, 3.05) is 0 Å². The van der Waals surface area contributed by atoms with Crippen molar-refractivity contribution in [3.05, 3.63) is 149 Å². The van der Waals surface area contributed by atoms with Gasteiger partial charge in [-0.2, -0.15) is 4.57 Å². The number of phosphoric ester groups is 1. The zero-order valence-electron chi connectivity index (χ0n) is 25.8. The first-order valence-corrected chi connectivity index (χ1v) is 17.0. The number of phosphoric acid groups is 1. The quantitative estimate of drug-likeness (QED) is 0.125. The fraction of sp³-hybridized carbons (Fsp3) is 0.167. The van der Waals surface area contributed by atoms with Crippen molar-refractivity contribution in [3.63, 3.8) is 0 Å². The van der Waals surface area contributed by atoms with Gasteiger partial charge < -0.3 is 13.6 Å². The second-order valence-corrected chi connectivity index (χ2v) is 13.5. The van der Waals surface area contributed by atoms with Gasteiger partial charge in [0.05, 0.1) is 0 Å². The average Bonchev–Trinajstić information content (AvgIpc) is 2.99. The summed E-state index contributed by atoms with van der Waals surface area (Å²) in [7, 11) is -6.52. The Morgan fingerprint density at radius 3 is 1.56 bits per heavy atom. The van der Waals surface area contributed by atoms with Gasteiger partial charge in [0.15, 0.2) is 11.5 Å². The second kappa shape index (κ2) is 13.6. The van der Waals surface area contributed by atoms with Gasteiger partial charge in [-0.3, -0.25) is 0 Å². The first-order valence-electron chi connectivity index (χ1n) is 14.4. The molecule has 0 fully saturated rings. The van der Waals surface area contributed by atoms with Crippen molar-refractivity contribution in [1.29, 1.82) is 0 Å². The van der Waals surface area contributed by atoms with Gasteiger partial charge in [-0.15, -0.1) is 0 Å². The Labute approximate surface area is 265 Å². The minimum atomic E-state index is -4.13. The first-order chi connectivity index (χ1) is 21.5. The molecule has 0 spiro atoms. The van der Waals surface area contributed by atoms with Crippen LogP contribution in [0.3, 0.4) is 0 Å². The molecule has 0 heterocycles. The summed E-state index contributed by atoms with van der Waals surface area (Å²) in [6, 6.07) is 36.5. The third-order valence-corrected chi connectivity index (χ3v) is 9.24. The molecular weight excluding hydrogens is 606 g/mol. The van der Waals surface area contributed by atoms with E-state index in [1.165, 1.54) is 0 Å². The Kier molecular flexibility index (Phi) is 9.63. The molecule has 0 saturated carbocycles. The van der Waals surface area contributed by atoms with Crippen LogP contribution >= 0.6 is 16.1 Å². The number of hydrogen-bond acceptors (Lipinski definition) is 7. The van der Waals surface area contributed by atoms with Crippen LogP contribution < -0.4 is 22.6 Å². The van der Waals surface area contributed by atoms with E-state index in [1.54, 1.807) is 54.6 Å². The van der Waals surface area contributed by atoms with Gasteiger partial charge >= 0.3 is 16.1 Å². The molecule has 0 aromatic heterocycles. The summed E-state index contributed by atoms with van der Waals surface area (Å²) in [5, 5.41) is 0. The average molecular weight is 642 g/mol. The second-order valence-electron chi connectivity index (χ2n) is 11.2. The molecule has 0 aliphatic rings. The van der Waals surface area contributed by atoms with Gasteiger partial charge in [0.1, 0.15) is 17.2 Å². The standard InChI is InChI=1S/C36H35O7P2/c1-26-10-8-13-33(24-26)42-45(38,43-34-14-9-11-27(2)25-34)41-32-22-18-30(19-23-32)36(4,5)29-16-20-31(21-17-29)39-44(37)40-35-15-7-6-12-28(35)3/h6-25H,1-5H3/q+1. The summed E-state index contributed by atoms with van der Waals surface area (Å²) in [6.45, 7) is 9.90. The first kappa shape index (κ1) is 31.8. The summed E-state index contributed by atoms with van der Waals surface area (Å²) < 4.78 is 55.0. The van der Waals surface area contributed by atoms with Crippen LogP contribution in [0.4, 0.5) is 0 Å². The summed E-state index contributed by atoms with van der Waals surface area (Å²) in [4.78, 5) is 0. The van der Waals surface area contributed by atoms with Gasteiger partial charge in [-0.25, -0.2) is 9.05 Å². The van der Waals surface area contributed by atoms with E-state index in [-0.39, 0.29) is 0 Å². The van der Waals surface area contributed by atoms with Crippen LogP contribution in [-0.4, -0.2) is 0 Å². The van der Waals surface area contributed by atoms with E-state index in [4.69, 9.17) is 22.6 Å². The molecule has 1 unspecified atom stereocenters. The van der Waals surface area contributed by atoms with Gasteiger partial charge in [0.25, 0.3) is 0 Å². The van der Waals surface area contributed by atoms with Crippen molar-refractivity contribution < 1.29 is 31.7 Å². The van der Waals surface area contributed by atoms with Crippen molar-refractivity contribution in [2.24, 2.45) is 0 Å². The van der Waals surface area contributed by atoms with E-state index in [0.717, 1.165) is 27.8 Å². The molecule has 0 bridgehead atoms. The van der Waals surface area contributed by atoms with Crippen LogP contribution in [0.1, 0.15) is 41.7 Å². The monoisotopic (exact) mass is 641 g/mol. The molecule has 230 valence electrons. The van der Waals surface area contributed by atoms with Crippen molar-refractivity contribution in [3.8, 4) is 28.7 Å². The van der Waals surface area contributed by atoms with Crippen molar-refractivity contribution in [1.82, 2.24) is 0 Å². The van der Waals surface area contributed by atoms with E-state index in [0.29, 0.717) is 28.7 Å². The molecule has 0 saturated heterocycles. The molecule has 5 rings (SSSR count). The Morgan fingerprint density at radius 2 is 1.04 bits per heavy atom. The van der Waals surface area contributed by atoms with E-state index >= 15 is 0 Å². The van der Waals surface area contributed by atoms with E-state index in [1.807, 2.05) is 87.5 Å². The zero-order valence-corrected chi connectivity index (χ0v) is 27.6. The fourth-order valence-electron chi connectivity index (χ4n) is 4.66. The number of benzene rings is 5. The van der Waals surface area contributed by atoms with Crippen LogP contribution in [-0.2, 0) is 14.5 Å². The van der Waals surface area contributed by atoms with Crippen molar-refractivity contribution >= 4 is 16.1 Å². The van der Waals surface area contributed by atoms with Gasteiger partial charge in [0, 0.05) is 9.98 Å². The Hall–Kier alpha value is -4.57. The van der Waals surface area contributed by atoms with E-state index in [2.05, 4.69) is 13.8 Å². The maximum atomic E-state index is 14.0. The Bertz CT molecular complexity index is 1780. The lowest BCUT2D eigenvalue weighted by atomic mass is 9.78. The number of rotatable bonds is 12. The largest absolute Gasteiger partial charge is 0.805 e. The zero-order chi connectivity index (χ0) is 32.0. The highest BCUT2D eigenvalue weighted by atomic mass is 31.2. The molecule has 0 aliphatic heterocycles. The molecule has 0 radical (unpaired) electrons. The van der Waals surface area contributed by atoms with Gasteiger partial charge in [-0.05, 0) is 103 Å². The van der Waals surface area contributed by atoms with Gasteiger partial charge in [-0.1, -0.05) is 80.6 Å². The highest BCUT2D eigenvalue weighted by molar-refractivity contribution is 7.49. The fourth-order valence-corrected chi connectivity index (χ4v) is 6.59. The number of aryl methyl sites for hydroxylation is 3. The van der Waals surface area contributed by atoms with Crippen LogP contribution in [0.2, 0.25) is 0 Å². The summed E-state index contributed by atoms with van der Waals surface area (Å²) >= 11 is 0. The predicted molar refractivity (Wildman–Crippen MR) is 177 cm³/mol. The lowest BCUT2D eigenvalue weighted by Crippen LogP contribution is -2.18. The summed E-state index contributed by atoms with van der Waals surface area (Å²) in [5.41, 5.74) is 4.37. The minimum absolute atomic E-state index is 0.333. The molecule has 0 N–H and O–H groups in total. The minimum Gasteiger partial charge on any atom is -0.386 e. The molecule has 5 aromatic rings. The Balaban J connectivity index is 1.29. The molecule has 0 aliphatic carbocycles. The maximum absolute atomic E-state index is 14.0. The summed E-state index contributed by atoms with van der Waals surface area (Å²) in [5.74, 6) is 2.04. The van der Waals surface area contributed by atoms with Gasteiger partial charge in [0.2, 0.25) is 0 Å². The lowest BCUT2D eigenvalue weighted by Gasteiger charge is -2.26. The predicted octanol–water partition coefficient (Wildman–Crippen LogP) is 10.7. The molecule has 7 nitrogen and oxygen atoms in total. The van der Waals surface area contributed by atoms with Crippen LogP contribution in [0.5, 0.6) is 28.7 Å². The normalized spacial score (nSPS) is 11.8. The van der Waals surface area contributed by atoms with E-state index in [9.17, 15) is 9.13 Å². The third-order valence-electron chi connectivity index (χ3n) is 7.23. The molecule has 9 heteroatoms. The van der Waals surface area contributed by atoms with E-state index < -0.39 is 21.5 Å². The van der Waals surface area contributed by atoms with Crippen LogP contribution in [0, 0.1) is 20.8 Å². The highest BCUT2D eigenvalue weighted by Crippen LogP contribution is 2.50. The number of hydrogen-bond donors (Lipinski definition) is 0. The van der Waals surface area contributed by atoms with Crippen LogP contribution in [0.25, 0.3) is 0 Å². The molecule has 5 aromatic carbocycles. The SMILES string of the molecule is Cc1cccc(OP(=O)(Oc2ccc(C(C)(C)c3ccc(O[P+](=O)Oc4ccccc4C)cc3)cc2)Oc2cccc(C)c2)c1. The lowest BCUT2D eigenvalue weighted by molar-refractivity contribution is 0.298. The molecular formula is C36H35O7P2+. The topological polar surface area (TPSA) is 80.3 Å². The summed E-state index contributed by atoms with van der Waals surface area (Å²) in [6.07, 6.45) is 0. The highest BCUT2D eigenvalue weighted by Gasteiger charge is 2.34. The third kappa shape index (κ3) is 8.33. The molecule has 45 heavy (non-hydrogen) atoms.